The van der Waals surface area contributed by atoms with E-state index in [0.717, 1.165) is 22.1 Å². The van der Waals surface area contributed by atoms with Gasteiger partial charge in [0, 0.05) is 6.20 Å². The van der Waals surface area contributed by atoms with E-state index in [1.165, 1.54) is 16.7 Å². The maximum atomic E-state index is 12.5. The van der Waals surface area contributed by atoms with Gasteiger partial charge in [-0.2, -0.15) is 5.10 Å². The van der Waals surface area contributed by atoms with Gasteiger partial charge in [0.15, 0.2) is 0 Å². The fourth-order valence-corrected chi connectivity index (χ4v) is 4.15. The fourth-order valence-electron chi connectivity index (χ4n) is 3.07. The number of aromatic nitrogens is 3. The molecule has 0 fully saturated rings. The standard InChI is InChI=1S/C20H19N5O2S/c1-14-19-20(25(23-14)16-8-3-2-4-9-16)28-13-18(27)24(19)12-17(26)22-11-15-7-5-6-10-21-15/h2-10H,11-13H2,1H3,(H,22,26). The Morgan fingerprint density at radius 2 is 1.96 bits per heavy atom. The first-order chi connectivity index (χ1) is 13.6. The van der Waals surface area contributed by atoms with Gasteiger partial charge in [0.1, 0.15) is 11.6 Å². The summed E-state index contributed by atoms with van der Waals surface area (Å²) in [7, 11) is 0. The summed E-state index contributed by atoms with van der Waals surface area (Å²) in [6.07, 6.45) is 1.68. The second-order valence-electron chi connectivity index (χ2n) is 6.35. The number of nitrogens with zero attached hydrogens (tertiary/aromatic N) is 4. The summed E-state index contributed by atoms with van der Waals surface area (Å²) >= 11 is 1.45. The molecule has 7 nitrogen and oxygen atoms in total. The summed E-state index contributed by atoms with van der Waals surface area (Å²) in [5, 5.41) is 8.31. The van der Waals surface area contributed by atoms with Crippen molar-refractivity contribution in [1.29, 1.82) is 0 Å². The van der Waals surface area contributed by atoms with E-state index in [2.05, 4.69) is 15.4 Å². The van der Waals surface area contributed by atoms with Crippen molar-refractivity contribution in [3.05, 3.63) is 66.1 Å². The molecule has 0 atom stereocenters. The SMILES string of the molecule is Cc1nn(-c2ccccc2)c2c1N(CC(=O)NCc1ccccn1)C(=O)CS2. The summed E-state index contributed by atoms with van der Waals surface area (Å²) in [6, 6.07) is 15.3. The Hall–Kier alpha value is -3.13. The van der Waals surface area contributed by atoms with Crippen molar-refractivity contribution < 1.29 is 9.59 Å². The lowest BCUT2D eigenvalue weighted by atomic mass is 10.3. The molecular formula is C20H19N5O2S. The zero-order valence-corrected chi connectivity index (χ0v) is 16.1. The molecule has 0 saturated heterocycles. The van der Waals surface area contributed by atoms with Crippen molar-refractivity contribution in [3.8, 4) is 5.69 Å². The average Bonchev–Trinajstić information content (AvgIpc) is 3.07. The highest BCUT2D eigenvalue weighted by molar-refractivity contribution is 8.00. The van der Waals surface area contributed by atoms with Crippen molar-refractivity contribution in [2.75, 3.05) is 17.2 Å². The maximum Gasteiger partial charge on any atom is 0.240 e. The van der Waals surface area contributed by atoms with Gasteiger partial charge in [-0.3, -0.25) is 19.5 Å². The van der Waals surface area contributed by atoms with Crippen LogP contribution in [-0.4, -0.2) is 38.9 Å². The Balaban J connectivity index is 1.55. The van der Waals surface area contributed by atoms with Gasteiger partial charge in [-0.05, 0) is 31.2 Å². The number of pyridine rings is 1. The predicted molar refractivity (Wildman–Crippen MR) is 107 cm³/mol. The topological polar surface area (TPSA) is 80.1 Å². The molecule has 1 N–H and O–H groups in total. The average molecular weight is 393 g/mol. The van der Waals surface area contributed by atoms with Gasteiger partial charge < -0.3 is 5.32 Å². The van der Waals surface area contributed by atoms with Gasteiger partial charge >= 0.3 is 0 Å². The molecule has 0 spiro atoms. The molecule has 3 aromatic rings. The van der Waals surface area contributed by atoms with Gasteiger partial charge in [-0.1, -0.05) is 36.0 Å². The van der Waals surface area contributed by atoms with Crippen LogP contribution in [0, 0.1) is 6.92 Å². The normalized spacial score (nSPS) is 13.3. The summed E-state index contributed by atoms with van der Waals surface area (Å²) < 4.78 is 1.83. The van der Waals surface area contributed by atoms with E-state index in [4.69, 9.17) is 0 Å². The Bertz CT molecular complexity index is 1000. The maximum absolute atomic E-state index is 12.5. The van der Waals surface area contributed by atoms with Crippen LogP contribution < -0.4 is 10.2 Å². The highest BCUT2D eigenvalue weighted by Gasteiger charge is 2.32. The van der Waals surface area contributed by atoms with Crippen molar-refractivity contribution in [3.63, 3.8) is 0 Å². The zero-order chi connectivity index (χ0) is 19.5. The molecule has 0 radical (unpaired) electrons. The van der Waals surface area contributed by atoms with Crippen molar-refractivity contribution >= 4 is 29.3 Å². The molecule has 0 unspecified atom stereocenters. The van der Waals surface area contributed by atoms with Crippen LogP contribution in [0.1, 0.15) is 11.4 Å². The molecule has 1 aromatic carbocycles. The molecule has 1 aliphatic rings. The van der Waals surface area contributed by atoms with Crippen molar-refractivity contribution in [2.24, 2.45) is 0 Å². The lowest BCUT2D eigenvalue weighted by molar-refractivity contribution is -0.123. The van der Waals surface area contributed by atoms with Crippen LogP contribution in [0.15, 0.2) is 59.8 Å². The number of fused-ring (bicyclic) bond motifs is 1. The zero-order valence-electron chi connectivity index (χ0n) is 15.3. The lowest BCUT2D eigenvalue weighted by Gasteiger charge is -2.26. The Kier molecular flexibility index (Phi) is 5.12. The number of rotatable bonds is 5. The van der Waals surface area contributed by atoms with Crippen LogP contribution in [0.2, 0.25) is 0 Å². The molecule has 0 bridgehead atoms. The molecule has 1 aliphatic heterocycles. The summed E-state index contributed by atoms with van der Waals surface area (Å²) in [5.41, 5.74) is 3.12. The van der Waals surface area contributed by atoms with Gasteiger partial charge in [0.25, 0.3) is 0 Å². The molecular weight excluding hydrogens is 374 g/mol. The molecule has 142 valence electrons. The van der Waals surface area contributed by atoms with Gasteiger partial charge in [0.05, 0.1) is 35.1 Å². The minimum absolute atomic E-state index is 0.0411. The van der Waals surface area contributed by atoms with Crippen molar-refractivity contribution in [2.45, 2.75) is 18.5 Å². The first kappa shape index (κ1) is 18.2. The summed E-state index contributed by atoms with van der Waals surface area (Å²) in [6.45, 7) is 2.14. The number of thioether (sulfide) groups is 1. The number of carbonyl (C=O) groups excluding carboxylic acids is 2. The third-order valence-electron chi connectivity index (χ3n) is 4.39. The van der Waals surface area contributed by atoms with E-state index in [9.17, 15) is 9.59 Å². The van der Waals surface area contributed by atoms with E-state index in [1.807, 2.05) is 60.1 Å². The molecule has 8 heteroatoms. The number of para-hydroxylation sites is 1. The first-order valence-electron chi connectivity index (χ1n) is 8.88. The molecule has 3 heterocycles. The van der Waals surface area contributed by atoms with E-state index < -0.39 is 0 Å². The third kappa shape index (κ3) is 3.63. The number of hydrogen-bond acceptors (Lipinski definition) is 5. The summed E-state index contributed by atoms with van der Waals surface area (Å²) in [5.74, 6) is -0.0525. The molecule has 2 amide bonds. The fraction of sp³-hybridized carbons (Fsp3) is 0.200. The Morgan fingerprint density at radius 1 is 1.18 bits per heavy atom. The largest absolute Gasteiger partial charge is 0.349 e. The first-order valence-corrected chi connectivity index (χ1v) is 9.87. The predicted octanol–water partition coefficient (Wildman–Crippen LogP) is 2.33. The van der Waals surface area contributed by atoms with Crippen LogP contribution in [0.3, 0.4) is 0 Å². The monoisotopic (exact) mass is 393 g/mol. The molecule has 0 saturated carbocycles. The lowest BCUT2D eigenvalue weighted by Crippen LogP contribution is -2.43. The van der Waals surface area contributed by atoms with E-state index >= 15 is 0 Å². The number of hydrogen-bond donors (Lipinski definition) is 1. The second kappa shape index (κ2) is 7.85. The highest BCUT2D eigenvalue weighted by atomic mass is 32.2. The number of nitrogens with one attached hydrogen (secondary N) is 1. The molecule has 28 heavy (non-hydrogen) atoms. The number of amides is 2. The van der Waals surface area contributed by atoms with Gasteiger partial charge in [-0.25, -0.2) is 4.68 Å². The second-order valence-corrected chi connectivity index (χ2v) is 7.32. The molecule has 4 rings (SSSR count). The van der Waals surface area contributed by atoms with E-state index in [0.29, 0.717) is 12.2 Å². The number of benzene rings is 1. The van der Waals surface area contributed by atoms with Gasteiger partial charge in [0.2, 0.25) is 11.8 Å². The summed E-state index contributed by atoms with van der Waals surface area (Å²) in [4.78, 5) is 30.7. The van der Waals surface area contributed by atoms with Crippen molar-refractivity contribution in [1.82, 2.24) is 20.1 Å². The minimum Gasteiger partial charge on any atom is -0.349 e. The van der Waals surface area contributed by atoms with Crippen LogP contribution in [0.4, 0.5) is 5.69 Å². The minimum atomic E-state index is -0.233. The van der Waals surface area contributed by atoms with Gasteiger partial charge in [-0.15, -0.1) is 0 Å². The van der Waals surface area contributed by atoms with Crippen LogP contribution in [0.5, 0.6) is 0 Å². The Labute approximate surface area is 166 Å². The van der Waals surface area contributed by atoms with Crippen LogP contribution >= 0.6 is 11.8 Å². The van der Waals surface area contributed by atoms with Crippen LogP contribution in [0.25, 0.3) is 5.69 Å². The number of aryl methyl sites for hydroxylation is 1. The number of carbonyl (C=O) groups is 2. The van der Waals surface area contributed by atoms with Crippen LogP contribution in [-0.2, 0) is 16.1 Å². The quantitative estimate of drug-likeness (QED) is 0.720. The molecule has 0 aliphatic carbocycles. The molecule has 2 aromatic heterocycles. The highest BCUT2D eigenvalue weighted by Crippen LogP contribution is 2.39. The van der Waals surface area contributed by atoms with E-state index in [1.54, 1.807) is 6.20 Å². The third-order valence-corrected chi connectivity index (χ3v) is 5.42. The smallest absolute Gasteiger partial charge is 0.240 e. The Morgan fingerprint density at radius 3 is 2.71 bits per heavy atom. The number of anilines is 1. The van der Waals surface area contributed by atoms with E-state index in [-0.39, 0.29) is 24.1 Å².